The maximum absolute atomic E-state index is 6.24. The smallest absolute Gasteiger partial charge is 0.221 e. The summed E-state index contributed by atoms with van der Waals surface area (Å²) >= 11 is 0. The van der Waals surface area contributed by atoms with E-state index in [4.69, 9.17) is 25.7 Å². The minimum atomic E-state index is -0.133. The van der Waals surface area contributed by atoms with Crippen LogP contribution in [0.25, 0.3) is 6.08 Å². The zero-order chi connectivity index (χ0) is 19.7. The topological polar surface area (TPSA) is 106 Å². The van der Waals surface area contributed by atoms with Gasteiger partial charge >= 0.3 is 0 Å². The number of anilines is 2. The molecule has 1 fully saturated rings. The number of fused-ring (bicyclic) bond motifs is 1. The Bertz CT molecular complexity index is 951. The third-order valence-corrected chi connectivity index (χ3v) is 4.95. The monoisotopic (exact) mass is 380 g/mol. The SMILES string of the molecule is COc1cc(Cc2cnc(N)nc2N)c2c(c1OC)OC(/C=C/C1CC1)C=C2. The summed E-state index contributed by atoms with van der Waals surface area (Å²) in [6, 6.07) is 1.93. The number of hydrogen-bond donors (Lipinski definition) is 2. The number of ether oxygens (including phenoxy) is 3. The van der Waals surface area contributed by atoms with Crippen molar-refractivity contribution in [2.75, 3.05) is 25.7 Å². The quantitative estimate of drug-likeness (QED) is 0.742. The van der Waals surface area contributed by atoms with Crippen molar-refractivity contribution in [2.45, 2.75) is 25.4 Å². The second kappa shape index (κ2) is 7.42. The molecule has 1 unspecified atom stereocenters. The maximum Gasteiger partial charge on any atom is 0.221 e. The van der Waals surface area contributed by atoms with E-state index in [1.54, 1.807) is 20.4 Å². The average Bonchev–Trinajstić information content (AvgIpc) is 3.52. The van der Waals surface area contributed by atoms with Crippen molar-refractivity contribution in [3.05, 3.63) is 47.2 Å². The van der Waals surface area contributed by atoms with Crippen LogP contribution in [0.15, 0.2) is 30.5 Å². The normalized spacial score (nSPS) is 18.0. The van der Waals surface area contributed by atoms with E-state index in [9.17, 15) is 0 Å². The van der Waals surface area contributed by atoms with Crippen LogP contribution in [0.3, 0.4) is 0 Å². The van der Waals surface area contributed by atoms with E-state index < -0.39 is 0 Å². The molecule has 7 heteroatoms. The number of aromatic nitrogens is 2. The first-order chi connectivity index (χ1) is 13.6. The lowest BCUT2D eigenvalue weighted by Gasteiger charge is -2.25. The highest BCUT2D eigenvalue weighted by Gasteiger charge is 2.25. The van der Waals surface area contributed by atoms with Crippen molar-refractivity contribution in [2.24, 2.45) is 5.92 Å². The molecule has 1 aromatic carbocycles. The van der Waals surface area contributed by atoms with E-state index in [0.717, 1.165) is 16.7 Å². The van der Waals surface area contributed by atoms with Gasteiger partial charge in [-0.05, 0) is 42.5 Å². The van der Waals surface area contributed by atoms with Gasteiger partial charge in [-0.25, -0.2) is 4.98 Å². The number of nitrogens with two attached hydrogens (primary N) is 2. The Balaban J connectivity index is 1.73. The molecule has 0 spiro atoms. The van der Waals surface area contributed by atoms with Crippen LogP contribution < -0.4 is 25.7 Å². The van der Waals surface area contributed by atoms with Crippen molar-refractivity contribution >= 4 is 17.8 Å². The molecule has 1 aliphatic heterocycles. The molecule has 1 aliphatic carbocycles. The molecule has 4 N–H and O–H groups in total. The highest BCUT2D eigenvalue weighted by atomic mass is 16.5. The second-order valence-corrected chi connectivity index (χ2v) is 6.99. The highest BCUT2D eigenvalue weighted by Crippen LogP contribution is 2.45. The van der Waals surface area contributed by atoms with E-state index in [0.29, 0.717) is 35.4 Å². The molecule has 2 aromatic rings. The molecule has 1 atom stereocenters. The Morgan fingerprint density at radius 2 is 2.00 bits per heavy atom. The van der Waals surface area contributed by atoms with Crippen LogP contribution in [0.2, 0.25) is 0 Å². The van der Waals surface area contributed by atoms with E-state index in [1.165, 1.54) is 12.8 Å². The number of hydrogen-bond acceptors (Lipinski definition) is 7. The summed E-state index contributed by atoms with van der Waals surface area (Å²) in [5, 5.41) is 0. The summed E-state index contributed by atoms with van der Waals surface area (Å²) in [5.41, 5.74) is 14.3. The van der Waals surface area contributed by atoms with Gasteiger partial charge in [0.15, 0.2) is 11.5 Å². The highest BCUT2D eigenvalue weighted by molar-refractivity contribution is 5.72. The third-order valence-electron chi connectivity index (χ3n) is 4.95. The van der Waals surface area contributed by atoms with Gasteiger partial charge in [0, 0.05) is 23.7 Å². The van der Waals surface area contributed by atoms with E-state index in [2.05, 4.69) is 28.2 Å². The first kappa shape index (κ1) is 18.2. The number of methoxy groups -OCH3 is 2. The maximum atomic E-state index is 6.24. The van der Waals surface area contributed by atoms with Gasteiger partial charge in [-0.15, -0.1) is 0 Å². The standard InChI is InChI=1S/C21H24N4O3/c1-26-17-10-13(9-14-11-24-21(23)25-20(14)22)16-8-7-15(6-5-12-3-4-12)28-18(16)19(17)27-2/h5-8,10-12,15H,3-4,9H2,1-2H3,(H4,22,23,24,25)/b6-5+. The number of nitrogens with zero attached hydrogens (tertiary/aromatic N) is 2. The number of rotatable bonds is 6. The molecule has 146 valence electrons. The Labute approximate surface area is 164 Å². The van der Waals surface area contributed by atoms with Crippen molar-refractivity contribution in [3.8, 4) is 17.2 Å². The molecule has 0 amide bonds. The van der Waals surface area contributed by atoms with Crippen LogP contribution in [-0.2, 0) is 6.42 Å². The van der Waals surface area contributed by atoms with Crippen LogP contribution in [0.5, 0.6) is 17.2 Å². The average molecular weight is 380 g/mol. The van der Waals surface area contributed by atoms with Gasteiger partial charge in [0.25, 0.3) is 0 Å². The lowest BCUT2D eigenvalue weighted by molar-refractivity contribution is 0.264. The molecule has 7 nitrogen and oxygen atoms in total. The Kier molecular flexibility index (Phi) is 4.81. The van der Waals surface area contributed by atoms with Crippen molar-refractivity contribution in [1.29, 1.82) is 0 Å². The largest absolute Gasteiger partial charge is 0.493 e. The number of nitrogen functional groups attached to an aromatic ring is 2. The zero-order valence-corrected chi connectivity index (χ0v) is 16.0. The Morgan fingerprint density at radius 3 is 2.68 bits per heavy atom. The van der Waals surface area contributed by atoms with Crippen LogP contribution in [0.1, 0.15) is 29.5 Å². The van der Waals surface area contributed by atoms with Crippen molar-refractivity contribution in [1.82, 2.24) is 9.97 Å². The fourth-order valence-electron chi connectivity index (χ4n) is 3.27. The first-order valence-electron chi connectivity index (χ1n) is 9.27. The Hall–Kier alpha value is -3.22. The van der Waals surface area contributed by atoms with Crippen molar-refractivity contribution < 1.29 is 14.2 Å². The molecule has 4 rings (SSSR count). The van der Waals surface area contributed by atoms with E-state index in [1.807, 2.05) is 12.1 Å². The van der Waals surface area contributed by atoms with Crippen LogP contribution in [-0.4, -0.2) is 30.3 Å². The predicted molar refractivity (Wildman–Crippen MR) is 109 cm³/mol. The summed E-state index contributed by atoms with van der Waals surface area (Å²) in [7, 11) is 3.22. The van der Waals surface area contributed by atoms with Crippen LogP contribution >= 0.6 is 0 Å². The molecule has 1 saturated carbocycles. The Morgan fingerprint density at radius 1 is 1.18 bits per heavy atom. The van der Waals surface area contributed by atoms with Crippen LogP contribution in [0.4, 0.5) is 11.8 Å². The second-order valence-electron chi connectivity index (χ2n) is 6.99. The predicted octanol–water partition coefficient (Wildman–Crippen LogP) is 2.99. The van der Waals surface area contributed by atoms with Crippen LogP contribution in [0, 0.1) is 5.92 Å². The lowest BCUT2D eigenvalue weighted by Crippen LogP contribution is -2.16. The van der Waals surface area contributed by atoms with Crippen molar-refractivity contribution in [3.63, 3.8) is 0 Å². The molecular weight excluding hydrogens is 356 g/mol. The number of allylic oxidation sites excluding steroid dienone is 1. The minimum Gasteiger partial charge on any atom is -0.493 e. The lowest BCUT2D eigenvalue weighted by atomic mass is 9.96. The summed E-state index contributed by atoms with van der Waals surface area (Å²) in [4.78, 5) is 8.10. The number of benzene rings is 1. The summed E-state index contributed by atoms with van der Waals surface area (Å²) in [6.07, 6.45) is 13.0. The van der Waals surface area contributed by atoms with Gasteiger partial charge in [-0.1, -0.05) is 12.2 Å². The van der Waals surface area contributed by atoms with E-state index >= 15 is 0 Å². The fourth-order valence-corrected chi connectivity index (χ4v) is 3.27. The third kappa shape index (κ3) is 3.60. The summed E-state index contributed by atoms with van der Waals surface area (Å²) < 4.78 is 17.4. The van der Waals surface area contributed by atoms with Gasteiger partial charge in [-0.3, -0.25) is 0 Å². The van der Waals surface area contributed by atoms with Gasteiger partial charge in [0.05, 0.1) is 14.2 Å². The molecule has 2 aliphatic rings. The van der Waals surface area contributed by atoms with Gasteiger partial charge in [0.1, 0.15) is 11.9 Å². The first-order valence-corrected chi connectivity index (χ1v) is 9.27. The molecule has 2 heterocycles. The molecule has 28 heavy (non-hydrogen) atoms. The fraction of sp³-hybridized carbons (Fsp3) is 0.333. The molecule has 0 saturated heterocycles. The molecule has 0 radical (unpaired) electrons. The summed E-state index contributed by atoms with van der Waals surface area (Å²) in [6.45, 7) is 0. The minimum absolute atomic E-state index is 0.133. The van der Waals surface area contributed by atoms with Gasteiger partial charge in [0.2, 0.25) is 11.7 Å². The van der Waals surface area contributed by atoms with Gasteiger partial charge in [-0.2, -0.15) is 4.98 Å². The molecule has 1 aromatic heterocycles. The zero-order valence-electron chi connectivity index (χ0n) is 16.0. The molecule has 0 bridgehead atoms. The van der Waals surface area contributed by atoms with Gasteiger partial charge < -0.3 is 25.7 Å². The van der Waals surface area contributed by atoms with E-state index in [-0.39, 0.29) is 12.1 Å². The molecular formula is C21H24N4O3. The summed E-state index contributed by atoms with van der Waals surface area (Å²) in [5.74, 6) is 3.06.